The zero-order valence-electron chi connectivity index (χ0n) is 11.1. The van der Waals surface area contributed by atoms with Crippen molar-refractivity contribution >= 4 is 21.8 Å². The van der Waals surface area contributed by atoms with Gasteiger partial charge < -0.3 is 4.90 Å². The third-order valence-electron chi connectivity index (χ3n) is 3.79. The van der Waals surface area contributed by atoms with Gasteiger partial charge in [0, 0.05) is 16.6 Å². The van der Waals surface area contributed by atoms with Crippen LogP contribution in [-0.4, -0.2) is 17.4 Å². The van der Waals surface area contributed by atoms with E-state index < -0.39 is 0 Å². The molecule has 1 aliphatic rings. The molecule has 0 aliphatic carbocycles. The van der Waals surface area contributed by atoms with Crippen LogP contribution in [0.5, 0.6) is 0 Å². The van der Waals surface area contributed by atoms with Crippen molar-refractivity contribution in [3.63, 3.8) is 0 Å². The van der Waals surface area contributed by atoms with Gasteiger partial charge in [-0.25, -0.2) is 0 Å². The predicted molar refractivity (Wildman–Crippen MR) is 83.6 cm³/mol. The first-order valence-corrected chi connectivity index (χ1v) is 7.66. The van der Waals surface area contributed by atoms with Gasteiger partial charge in [0.15, 0.2) is 0 Å². The molecule has 1 fully saturated rings. The smallest absolute Gasteiger partial charge is 0.254 e. The molecule has 0 spiro atoms. The minimum atomic E-state index is 0.129. The Hall–Kier alpha value is -1.61. The van der Waals surface area contributed by atoms with Crippen LogP contribution in [0, 0.1) is 0 Å². The number of hydrogen-bond donors (Lipinski definition) is 0. The summed E-state index contributed by atoms with van der Waals surface area (Å²) in [6.45, 7) is 0.842. The third-order valence-corrected chi connectivity index (χ3v) is 4.32. The number of amides is 1. The Bertz CT molecular complexity index is 594. The Morgan fingerprint density at radius 3 is 2.45 bits per heavy atom. The third kappa shape index (κ3) is 2.63. The topological polar surface area (TPSA) is 20.3 Å². The molecular formula is C17H16BrNO. The van der Waals surface area contributed by atoms with Crippen molar-refractivity contribution < 1.29 is 4.79 Å². The maximum absolute atomic E-state index is 12.7. The number of halogens is 1. The van der Waals surface area contributed by atoms with Gasteiger partial charge in [-0.3, -0.25) is 4.79 Å². The van der Waals surface area contributed by atoms with E-state index in [9.17, 15) is 4.79 Å². The first-order chi connectivity index (χ1) is 9.75. The highest BCUT2D eigenvalue weighted by Gasteiger charge is 2.30. The van der Waals surface area contributed by atoms with Crippen LogP contribution in [0.4, 0.5) is 0 Å². The Labute approximate surface area is 127 Å². The summed E-state index contributed by atoms with van der Waals surface area (Å²) in [5.74, 6) is 0.129. The second-order valence-corrected chi connectivity index (χ2v) is 5.99. The first-order valence-electron chi connectivity index (χ1n) is 6.87. The lowest BCUT2D eigenvalue weighted by atomic mass is 10.0. The normalized spacial score (nSPS) is 18.2. The predicted octanol–water partition coefficient (Wildman–Crippen LogP) is 4.43. The summed E-state index contributed by atoms with van der Waals surface area (Å²) in [4.78, 5) is 14.7. The second kappa shape index (κ2) is 5.80. The summed E-state index contributed by atoms with van der Waals surface area (Å²) in [5.41, 5.74) is 1.99. The van der Waals surface area contributed by atoms with Gasteiger partial charge in [-0.1, -0.05) is 46.3 Å². The maximum atomic E-state index is 12.7. The van der Waals surface area contributed by atoms with Gasteiger partial charge >= 0.3 is 0 Å². The Balaban J connectivity index is 1.85. The Kier molecular flexibility index (Phi) is 3.88. The van der Waals surface area contributed by atoms with Gasteiger partial charge in [0.2, 0.25) is 0 Å². The van der Waals surface area contributed by atoms with Crippen LogP contribution < -0.4 is 0 Å². The van der Waals surface area contributed by atoms with Crippen LogP contribution in [0.3, 0.4) is 0 Å². The molecule has 2 aromatic carbocycles. The van der Waals surface area contributed by atoms with Gasteiger partial charge in [-0.05, 0) is 42.7 Å². The summed E-state index contributed by atoms with van der Waals surface area (Å²) >= 11 is 3.40. The van der Waals surface area contributed by atoms with E-state index in [1.165, 1.54) is 5.56 Å². The minimum Gasteiger partial charge on any atom is -0.332 e. The van der Waals surface area contributed by atoms with E-state index >= 15 is 0 Å². The molecule has 1 atom stereocenters. The van der Waals surface area contributed by atoms with Crippen LogP contribution in [0.15, 0.2) is 59.1 Å². The van der Waals surface area contributed by atoms with Gasteiger partial charge in [-0.15, -0.1) is 0 Å². The number of carbonyl (C=O) groups excluding carboxylic acids is 1. The van der Waals surface area contributed by atoms with Crippen LogP contribution in [0.25, 0.3) is 0 Å². The molecule has 0 bridgehead atoms. The van der Waals surface area contributed by atoms with Crippen LogP contribution in [0.1, 0.15) is 34.8 Å². The quantitative estimate of drug-likeness (QED) is 0.798. The standard InChI is InChI=1S/C17H16BrNO/c18-15-10-8-14(9-11-15)17(20)19-12-4-7-16(19)13-5-2-1-3-6-13/h1-3,5-6,8-11,16H,4,7,12H2/t16-/m0/s1. The molecule has 3 heteroatoms. The average molecular weight is 330 g/mol. The van der Waals surface area contributed by atoms with Crippen molar-refractivity contribution in [1.29, 1.82) is 0 Å². The zero-order valence-corrected chi connectivity index (χ0v) is 12.7. The molecule has 0 saturated carbocycles. The molecule has 1 aliphatic heterocycles. The van der Waals surface area contributed by atoms with Crippen molar-refractivity contribution in [2.24, 2.45) is 0 Å². The SMILES string of the molecule is O=C(c1ccc(Br)cc1)N1CCC[C@H]1c1ccccc1. The number of carbonyl (C=O) groups is 1. The van der Waals surface area contributed by atoms with Gasteiger partial charge in [0.1, 0.15) is 0 Å². The number of nitrogens with zero attached hydrogens (tertiary/aromatic N) is 1. The molecular weight excluding hydrogens is 314 g/mol. The molecule has 2 aromatic rings. The molecule has 1 heterocycles. The molecule has 20 heavy (non-hydrogen) atoms. The summed E-state index contributed by atoms with van der Waals surface area (Å²) in [6.07, 6.45) is 2.12. The van der Waals surface area contributed by atoms with Crippen LogP contribution in [0.2, 0.25) is 0 Å². The van der Waals surface area contributed by atoms with Crippen molar-refractivity contribution in [3.8, 4) is 0 Å². The van der Waals surface area contributed by atoms with Crippen LogP contribution >= 0.6 is 15.9 Å². The summed E-state index contributed by atoms with van der Waals surface area (Å²) in [5, 5.41) is 0. The van der Waals surface area contributed by atoms with Crippen molar-refractivity contribution in [3.05, 3.63) is 70.2 Å². The van der Waals surface area contributed by atoms with Gasteiger partial charge in [0.05, 0.1) is 6.04 Å². The van der Waals surface area contributed by atoms with E-state index in [0.717, 1.165) is 29.4 Å². The van der Waals surface area contributed by atoms with E-state index in [-0.39, 0.29) is 11.9 Å². The van der Waals surface area contributed by atoms with E-state index in [4.69, 9.17) is 0 Å². The molecule has 0 radical (unpaired) electrons. The maximum Gasteiger partial charge on any atom is 0.254 e. The summed E-state index contributed by atoms with van der Waals surface area (Å²) in [7, 11) is 0. The lowest BCUT2D eigenvalue weighted by Gasteiger charge is -2.25. The molecule has 2 nitrogen and oxygen atoms in total. The molecule has 0 aromatic heterocycles. The largest absolute Gasteiger partial charge is 0.332 e. The van der Waals surface area contributed by atoms with E-state index in [0.29, 0.717) is 0 Å². The van der Waals surface area contributed by atoms with Gasteiger partial charge in [0.25, 0.3) is 5.91 Å². The molecule has 1 amide bonds. The van der Waals surface area contributed by atoms with Gasteiger partial charge in [-0.2, -0.15) is 0 Å². The molecule has 1 saturated heterocycles. The molecule has 3 rings (SSSR count). The summed E-state index contributed by atoms with van der Waals surface area (Å²) in [6, 6.07) is 18.1. The van der Waals surface area contributed by atoms with E-state index in [2.05, 4.69) is 28.1 Å². The number of benzene rings is 2. The summed E-state index contributed by atoms with van der Waals surface area (Å²) < 4.78 is 0.995. The Morgan fingerprint density at radius 1 is 1.05 bits per heavy atom. The number of hydrogen-bond acceptors (Lipinski definition) is 1. The lowest BCUT2D eigenvalue weighted by Crippen LogP contribution is -2.30. The molecule has 0 N–H and O–H groups in total. The van der Waals surface area contributed by atoms with E-state index in [1.807, 2.05) is 47.4 Å². The lowest BCUT2D eigenvalue weighted by molar-refractivity contribution is 0.0735. The Morgan fingerprint density at radius 2 is 1.75 bits per heavy atom. The minimum absolute atomic E-state index is 0.129. The zero-order chi connectivity index (χ0) is 13.9. The van der Waals surface area contributed by atoms with E-state index in [1.54, 1.807) is 0 Å². The van der Waals surface area contributed by atoms with Crippen LogP contribution in [-0.2, 0) is 0 Å². The monoisotopic (exact) mass is 329 g/mol. The van der Waals surface area contributed by atoms with Crippen molar-refractivity contribution in [2.75, 3.05) is 6.54 Å². The highest BCUT2D eigenvalue weighted by atomic mass is 79.9. The van der Waals surface area contributed by atoms with Crippen molar-refractivity contribution in [1.82, 2.24) is 4.90 Å². The number of rotatable bonds is 2. The fraction of sp³-hybridized carbons (Fsp3) is 0.235. The first kappa shape index (κ1) is 13.4. The fourth-order valence-corrected chi connectivity index (χ4v) is 3.05. The molecule has 102 valence electrons. The molecule has 0 unspecified atom stereocenters. The highest BCUT2D eigenvalue weighted by Crippen LogP contribution is 2.33. The fourth-order valence-electron chi connectivity index (χ4n) is 2.79. The second-order valence-electron chi connectivity index (χ2n) is 5.07. The highest BCUT2D eigenvalue weighted by molar-refractivity contribution is 9.10. The number of likely N-dealkylation sites (tertiary alicyclic amines) is 1. The van der Waals surface area contributed by atoms with Crippen molar-refractivity contribution in [2.45, 2.75) is 18.9 Å². The average Bonchev–Trinajstić information content (AvgIpc) is 2.97.